The van der Waals surface area contributed by atoms with Crippen LogP contribution in [0.3, 0.4) is 0 Å². The van der Waals surface area contributed by atoms with Crippen molar-refractivity contribution < 1.29 is 8.42 Å². The van der Waals surface area contributed by atoms with Crippen LogP contribution in [0.5, 0.6) is 0 Å². The molecule has 1 aromatic rings. The zero-order chi connectivity index (χ0) is 12.9. The monoisotopic (exact) mass is 292 g/mol. The number of hydrogen-bond acceptors (Lipinski definition) is 3. The van der Waals surface area contributed by atoms with E-state index >= 15 is 0 Å². The largest absolute Gasteiger partial charge is 0.329 e. The minimum atomic E-state index is -3.28. The Bertz CT molecular complexity index is 446. The van der Waals surface area contributed by atoms with Gasteiger partial charge in [0.05, 0.1) is 5.75 Å². The maximum atomic E-state index is 11.8. The normalized spacial score (nSPS) is 11.9. The fourth-order valence-electron chi connectivity index (χ4n) is 1.41. The summed E-state index contributed by atoms with van der Waals surface area (Å²) in [5, 5.41) is 0. The number of benzene rings is 1. The highest BCUT2D eigenvalue weighted by molar-refractivity contribution is 7.89. The van der Waals surface area contributed by atoms with Gasteiger partial charge in [-0.3, -0.25) is 0 Å². The van der Waals surface area contributed by atoms with E-state index in [1.54, 1.807) is 13.8 Å². The Kier molecular flexibility index (Phi) is 6.84. The molecule has 0 heterocycles. The molecule has 0 aliphatic heterocycles. The average Bonchev–Trinajstić information content (AvgIpc) is 2.27. The number of nitrogens with two attached hydrogens (primary N) is 1. The van der Waals surface area contributed by atoms with Gasteiger partial charge in [0, 0.05) is 12.1 Å². The second kappa shape index (κ2) is 7.09. The fraction of sp³-hybridized carbons (Fsp3) is 0.500. The third-order valence-electron chi connectivity index (χ3n) is 2.44. The Labute approximate surface area is 115 Å². The topological polar surface area (TPSA) is 72.2 Å². The number of sulfonamides is 1. The van der Waals surface area contributed by atoms with Gasteiger partial charge >= 0.3 is 0 Å². The van der Waals surface area contributed by atoms with E-state index in [1.807, 2.05) is 30.3 Å². The van der Waals surface area contributed by atoms with Crippen molar-refractivity contribution in [2.75, 3.05) is 12.3 Å². The molecular formula is C12H21ClN2O2S. The predicted octanol–water partition coefficient (Wildman–Crippen LogP) is 1.31. The van der Waals surface area contributed by atoms with Crippen LogP contribution in [-0.4, -0.2) is 26.3 Å². The summed E-state index contributed by atoms with van der Waals surface area (Å²) >= 11 is 0. The number of halogens is 1. The minimum absolute atomic E-state index is 0. The molecule has 0 bridgehead atoms. The van der Waals surface area contributed by atoms with Gasteiger partial charge in [-0.15, -0.1) is 12.4 Å². The second-order valence-electron chi connectivity index (χ2n) is 4.74. The van der Waals surface area contributed by atoms with Gasteiger partial charge in [0.15, 0.2) is 0 Å². The van der Waals surface area contributed by atoms with Gasteiger partial charge in [-0.1, -0.05) is 30.3 Å². The quantitative estimate of drug-likeness (QED) is 0.830. The predicted molar refractivity (Wildman–Crippen MR) is 77.4 cm³/mol. The number of rotatable bonds is 6. The molecule has 104 valence electrons. The molecule has 0 atom stereocenters. The van der Waals surface area contributed by atoms with Crippen molar-refractivity contribution in [3.05, 3.63) is 35.9 Å². The minimum Gasteiger partial charge on any atom is -0.329 e. The molecule has 1 aromatic carbocycles. The lowest BCUT2D eigenvalue weighted by Crippen LogP contribution is -2.49. The molecule has 1 rings (SSSR count). The van der Waals surface area contributed by atoms with Gasteiger partial charge in [-0.2, -0.15) is 0 Å². The number of aryl methyl sites for hydroxylation is 1. The van der Waals surface area contributed by atoms with Crippen LogP contribution in [0.25, 0.3) is 0 Å². The Morgan fingerprint density at radius 2 is 1.78 bits per heavy atom. The molecule has 3 N–H and O–H groups in total. The van der Waals surface area contributed by atoms with Crippen LogP contribution < -0.4 is 10.5 Å². The summed E-state index contributed by atoms with van der Waals surface area (Å²) in [6.07, 6.45) is 0.511. The molecule has 0 spiro atoms. The van der Waals surface area contributed by atoms with Crippen LogP contribution in [0.4, 0.5) is 0 Å². The first-order valence-electron chi connectivity index (χ1n) is 5.60. The molecule has 0 aromatic heterocycles. The summed E-state index contributed by atoms with van der Waals surface area (Å²) in [6, 6.07) is 9.55. The summed E-state index contributed by atoms with van der Waals surface area (Å²) in [5.41, 5.74) is 5.92. The van der Waals surface area contributed by atoms with Gasteiger partial charge in [-0.25, -0.2) is 13.1 Å². The highest BCUT2D eigenvalue weighted by atomic mass is 35.5. The Morgan fingerprint density at radius 1 is 1.22 bits per heavy atom. The number of nitrogens with one attached hydrogen (secondary N) is 1. The van der Waals surface area contributed by atoms with E-state index in [2.05, 4.69) is 4.72 Å². The molecule has 0 aliphatic carbocycles. The highest BCUT2D eigenvalue weighted by Gasteiger charge is 2.22. The van der Waals surface area contributed by atoms with Crippen molar-refractivity contribution in [1.29, 1.82) is 0 Å². The van der Waals surface area contributed by atoms with Crippen LogP contribution in [0.15, 0.2) is 30.3 Å². The zero-order valence-electron chi connectivity index (χ0n) is 10.7. The van der Waals surface area contributed by atoms with E-state index in [9.17, 15) is 8.42 Å². The second-order valence-corrected chi connectivity index (χ2v) is 6.59. The first-order chi connectivity index (χ1) is 7.85. The molecule has 0 aliphatic rings. The molecule has 0 saturated carbocycles. The van der Waals surface area contributed by atoms with Crippen molar-refractivity contribution >= 4 is 22.4 Å². The van der Waals surface area contributed by atoms with Crippen molar-refractivity contribution in [3.8, 4) is 0 Å². The van der Waals surface area contributed by atoms with Crippen LogP contribution in [0.2, 0.25) is 0 Å². The third kappa shape index (κ3) is 6.35. The summed E-state index contributed by atoms with van der Waals surface area (Å²) in [4.78, 5) is 0. The Hall–Kier alpha value is -0.620. The Morgan fingerprint density at radius 3 is 2.28 bits per heavy atom. The van der Waals surface area contributed by atoms with Gasteiger partial charge in [0.25, 0.3) is 0 Å². The van der Waals surface area contributed by atoms with Gasteiger partial charge in [0.2, 0.25) is 10.0 Å². The molecular weight excluding hydrogens is 272 g/mol. The maximum Gasteiger partial charge on any atom is 0.212 e. The summed E-state index contributed by atoms with van der Waals surface area (Å²) in [5.74, 6) is 0.0838. The lowest BCUT2D eigenvalue weighted by Gasteiger charge is -2.23. The SMILES string of the molecule is CC(C)(CN)NS(=O)(=O)CCc1ccccc1.Cl. The first-order valence-corrected chi connectivity index (χ1v) is 7.25. The van der Waals surface area contributed by atoms with E-state index in [1.165, 1.54) is 0 Å². The molecule has 6 heteroatoms. The molecule has 0 unspecified atom stereocenters. The van der Waals surface area contributed by atoms with Crippen molar-refractivity contribution in [2.24, 2.45) is 5.73 Å². The average molecular weight is 293 g/mol. The first kappa shape index (κ1) is 17.4. The van der Waals surface area contributed by atoms with E-state index < -0.39 is 15.6 Å². The zero-order valence-corrected chi connectivity index (χ0v) is 12.4. The van der Waals surface area contributed by atoms with E-state index in [4.69, 9.17) is 5.73 Å². The van der Waals surface area contributed by atoms with E-state index in [0.717, 1.165) is 5.56 Å². The molecule has 0 fully saturated rings. The smallest absolute Gasteiger partial charge is 0.212 e. The van der Waals surface area contributed by atoms with Gasteiger partial charge in [0.1, 0.15) is 0 Å². The van der Waals surface area contributed by atoms with Crippen molar-refractivity contribution in [1.82, 2.24) is 4.72 Å². The third-order valence-corrected chi connectivity index (χ3v) is 4.05. The van der Waals surface area contributed by atoms with Crippen LogP contribution in [0.1, 0.15) is 19.4 Å². The van der Waals surface area contributed by atoms with Gasteiger partial charge < -0.3 is 5.73 Å². The van der Waals surface area contributed by atoms with Gasteiger partial charge in [-0.05, 0) is 25.8 Å². The molecule has 4 nitrogen and oxygen atoms in total. The number of hydrogen-bond donors (Lipinski definition) is 2. The van der Waals surface area contributed by atoms with Crippen LogP contribution >= 0.6 is 12.4 Å². The highest BCUT2D eigenvalue weighted by Crippen LogP contribution is 2.05. The van der Waals surface area contributed by atoms with Crippen molar-refractivity contribution in [3.63, 3.8) is 0 Å². The summed E-state index contributed by atoms with van der Waals surface area (Å²) in [7, 11) is -3.28. The van der Waals surface area contributed by atoms with Crippen LogP contribution in [0, 0.1) is 0 Å². The molecule has 0 radical (unpaired) electrons. The Balaban J connectivity index is 0.00000289. The van der Waals surface area contributed by atoms with E-state index in [0.29, 0.717) is 6.42 Å². The van der Waals surface area contributed by atoms with E-state index in [-0.39, 0.29) is 24.7 Å². The molecule has 0 amide bonds. The van der Waals surface area contributed by atoms with Crippen LogP contribution in [-0.2, 0) is 16.4 Å². The summed E-state index contributed by atoms with van der Waals surface area (Å²) < 4.78 is 26.2. The standard InChI is InChI=1S/C12H20N2O2S.ClH/c1-12(2,10-13)14-17(15,16)9-8-11-6-4-3-5-7-11;/h3-7,14H,8-10,13H2,1-2H3;1H. The summed E-state index contributed by atoms with van der Waals surface area (Å²) in [6.45, 7) is 3.82. The fourth-order valence-corrected chi connectivity index (χ4v) is 2.94. The lowest BCUT2D eigenvalue weighted by atomic mass is 10.1. The lowest BCUT2D eigenvalue weighted by molar-refractivity contribution is 0.462. The molecule has 18 heavy (non-hydrogen) atoms. The maximum absolute atomic E-state index is 11.8. The van der Waals surface area contributed by atoms with Crippen molar-refractivity contribution in [2.45, 2.75) is 25.8 Å². The molecule has 0 saturated heterocycles.